The normalized spacial score (nSPS) is 14.0. The number of hydrogen-bond donors (Lipinski definition) is 1. The van der Waals surface area contributed by atoms with Crippen molar-refractivity contribution in [3.8, 4) is 0 Å². The monoisotopic (exact) mass is 186 g/mol. The van der Waals surface area contributed by atoms with E-state index >= 15 is 0 Å². The van der Waals surface area contributed by atoms with Crippen molar-refractivity contribution in [3.63, 3.8) is 0 Å². The lowest BCUT2D eigenvalue weighted by atomic mass is 10.0. The summed E-state index contributed by atoms with van der Waals surface area (Å²) in [4.78, 5) is 13.4. The number of hydrogen-bond acceptors (Lipinski definition) is 2. The maximum atomic E-state index is 11.6. The van der Waals surface area contributed by atoms with Gasteiger partial charge in [0.25, 0.3) is 0 Å². The second-order valence-electron chi connectivity index (χ2n) is 4.67. The smallest absolute Gasteiger partial charge is 0.223 e. The van der Waals surface area contributed by atoms with Crippen LogP contribution in [0.15, 0.2) is 0 Å². The van der Waals surface area contributed by atoms with Crippen molar-refractivity contribution >= 4 is 5.91 Å². The molecule has 1 atom stereocenters. The average Bonchev–Trinajstić information content (AvgIpc) is 2.01. The summed E-state index contributed by atoms with van der Waals surface area (Å²) in [5.74, 6) is 0.447. The number of carbonyl (C=O) groups excluding carboxylic acids is 1. The predicted molar refractivity (Wildman–Crippen MR) is 55.4 cm³/mol. The van der Waals surface area contributed by atoms with Crippen LogP contribution in [0.25, 0.3) is 0 Å². The molecule has 0 spiro atoms. The molecule has 0 aromatic heterocycles. The summed E-state index contributed by atoms with van der Waals surface area (Å²) >= 11 is 0. The first kappa shape index (κ1) is 12.4. The first-order chi connectivity index (χ1) is 5.79. The predicted octanol–water partition coefficient (Wildman–Crippen LogP) is 1.23. The van der Waals surface area contributed by atoms with Crippen molar-refractivity contribution in [1.29, 1.82) is 0 Å². The molecular formula is C10H22N2O. The fourth-order valence-corrected chi connectivity index (χ4v) is 0.892. The maximum Gasteiger partial charge on any atom is 0.223 e. The van der Waals surface area contributed by atoms with E-state index in [4.69, 9.17) is 5.73 Å². The largest absolute Gasteiger partial charge is 0.341 e. The Hall–Kier alpha value is -0.570. The van der Waals surface area contributed by atoms with Crippen LogP contribution in [-0.2, 0) is 4.79 Å². The second kappa shape index (κ2) is 4.61. The van der Waals surface area contributed by atoms with Gasteiger partial charge in [-0.05, 0) is 33.2 Å². The van der Waals surface area contributed by atoms with Gasteiger partial charge in [-0.2, -0.15) is 0 Å². The minimum absolute atomic E-state index is 0.0919. The highest BCUT2D eigenvalue weighted by atomic mass is 16.2. The Morgan fingerprint density at radius 3 is 2.23 bits per heavy atom. The maximum absolute atomic E-state index is 11.6. The lowest BCUT2D eigenvalue weighted by molar-refractivity contribution is -0.134. The van der Waals surface area contributed by atoms with Gasteiger partial charge < -0.3 is 10.6 Å². The van der Waals surface area contributed by atoms with Gasteiger partial charge in [-0.1, -0.05) is 6.92 Å². The highest BCUT2D eigenvalue weighted by molar-refractivity contribution is 5.76. The molecule has 3 nitrogen and oxygen atoms in total. The van der Waals surface area contributed by atoms with Gasteiger partial charge >= 0.3 is 0 Å². The number of carbonyl (C=O) groups is 1. The van der Waals surface area contributed by atoms with Gasteiger partial charge in [0.15, 0.2) is 0 Å². The molecule has 13 heavy (non-hydrogen) atoms. The zero-order valence-electron chi connectivity index (χ0n) is 9.42. The van der Waals surface area contributed by atoms with Crippen LogP contribution in [0.5, 0.6) is 0 Å². The molecular weight excluding hydrogens is 164 g/mol. The third kappa shape index (κ3) is 4.27. The van der Waals surface area contributed by atoms with Crippen LogP contribution >= 0.6 is 0 Å². The molecule has 2 N–H and O–H groups in total. The topological polar surface area (TPSA) is 46.3 Å². The van der Waals surface area contributed by atoms with Crippen LogP contribution in [0.3, 0.4) is 0 Å². The molecule has 1 unspecified atom stereocenters. The van der Waals surface area contributed by atoms with Gasteiger partial charge in [0.2, 0.25) is 5.91 Å². The van der Waals surface area contributed by atoms with E-state index in [-0.39, 0.29) is 17.4 Å². The van der Waals surface area contributed by atoms with Crippen molar-refractivity contribution in [2.45, 2.75) is 39.7 Å². The molecule has 78 valence electrons. The summed E-state index contributed by atoms with van der Waals surface area (Å²) in [6, 6.07) is 0. The van der Waals surface area contributed by atoms with Crippen molar-refractivity contribution in [2.75, 3.05) is 13.6 Å². The number of amides is 1. The lowest BCUT2D eigenvalue weighted by Gasteiger charge is -2.32. The van der Waals surface area contributed by atoms with E-state index in [1.165, 1.54) is 0 Å². The van der Waals surface area contributed by atoms with E-state index in [1.807, 2.05) is 34.7 Å². The van der Waals surface area contributed by atoms with E-state index < -0.39 is 0 Å². The van der Waals surface area contributed by atoms with E-state index in [0.717, 1.165) is 0 Å². The van der Waals surface area contributed by atoms with Crippen LogP contribution in [0.2, 0.25) is 0 Å². The van der Waals surface area contributed by atoms with E-state index in [0.29, 0.717) is 13.0 Å². The van der Waals surface area contributed by atoms with Gasteiger partial charge in [-0.25, -0.2) is 0 Å². The SMILES string of the molecule is CC(CN)CC(=O)N(C)C(C)(C)C. The lowest BCUT2D eigenvalue weighted by Crippen LogP contribution is -2.43. The summed E-state index contributed by atoms with van der Waals surface area (Å²) in [7, 11) is 1.84. The molecule has 3 heteroatoms. The second-order valence-corrected chi connectivity index (χ2v) is 4.67. The van der Waals surface area contributed by atoms with Crippen molar-refractivity contribution in [3.05, 3.63) is 0 Å². The molecule has 0 aromatic rings. The highest BCUT2D eigenvalue weighted by Gasteiger charge is 2.22. The molecule has 0 radical (unpaired) electrons. The van der Waals surface area contributed by atoms with Gasteiger partial charge in [-0.3, -0.25) is 4.79 Å². The quantitative estimate of drug-likeness (QED) is 0.720. The van der Waals surface area contributed by atoms with Crippen molar-refractivity contribution in [2.24, 2.45) is 11.7 Å². The van der Waals surface area contributed by atoms with E-state index in [2.05, 4.69) is 0 Å². The average molecular weight is 186 g/mol. The van der Waals surface area contributed by atoms with Crippen molar-refractivity contribution in [1.82, 2.24) is 4.90 Å². The standard InChI is InChI=1S/C10H22N2O/c1-8(7-11)6-9(13)12(5)10(2,3)4/h8H,6-7,11H2,1-5H3. The molecule has 0 bridgehead atoms. The molecule has 0 aliphatic heterocycles. The Bertz CT molecular complexity index is 172. The Morgan fingerprint density at radius 2 is 1.92 bits per heavy atom. The molecule has 0 heterocycles. The third-order valence-electron chi connectivity index (χ3n) is 2.31. The summed E-state index contributed by atoms with van der Waals surface area (Å²) in [5, 5.41) is 0. The van der Waals surface area contributed by atoms with Gasteiger partial charge in [0.1, 0.15) is 0 Å². The summed E-state index contributed by atoms with van der Waals surface area (Å²) < 4.78 is 0. The number of nitrogens with zero attached hydrogens (tertiary/aromatic N) is 1. The zero-order chi connectivity index (χ0) is 10.6. The Morgan fingerprint density at radius 1 is 1.46 bits per heavy atom. The Kier molecular flexibility index (Phi) is 4.40. The molecule has 0 fully saturated rings. The fourth-order valence-electron chi connectivity index (χ4n) is 0.892. The minimum Gasteiger partial charge on any atom is -0.341 e. The molecule has 0 aromatic carbocycles. The Balaban J connectivity index is 4.12. The molecule has 0 aliphatic carbocycles. The molecule has 1 amide bonds. The molecule has 0 aliphatic rings. The van der Waals surface area contributed by atoms with Gasteiger partial charge in [-0.15, -0.1) is 0 Å². The summed E-state index contributed by atoms with van der Waals surface area (Å²) in [5.41, 5.74) is 5.37. The molecule has 0 saturated heterocycles. The summed E-state index contributed by atoms with van der Waals surface area (Å²) in [6.07, 6.45) is 0.546. The number of nitrogens with two attached hydrogens (primary N) is 1. The molecule has 0 saturated carbocycles. The molecule has 0 rings (SSSR count). The van der Waals surface area contributed by atoms with Crippen molar-refractivity contribution < 1.29 is 4.79 Å². The third-order valence-corrected chi connectivity index (χ3v) is 2.31. The fraction of sp³-hybridized carbons (Fsp3) is 0.900. The van der Waals surface area contributed by atoms with Crippen LogP contribution in [-0.4, -0.2) is 29.9 Å². The number of rotatable bonds is 3. The highest BCUT2D eigenvalue weighted by Crippen LogP contribution is 2.13. The first-order valence-electron chi connectivity index (χ1n) is 4.75. The first-order valence-corrected chi connectivity index (χ1v) is 4.75. The Labute approximate surface area is 81.3 Å². The minimum atomic E-state index is -0.0919. The van der Waals surface area contributed by atoms with Crippen LogP contribution in [0.4, 0.5) is 0 Å². The zero-order valence-corrected chi connectivity index (χ0v) is 9.42. The van der Waals surface area contributed by atoms with Crippen LogP contribution < -0.4 is 5.73 Å². The summed E-state index contributed by atoms with van der Waals surface area (Å²) in [6.45, 7) is 8.64. The van der Waals surface area contributed by atoms with Gasteiger partial charge in [0, 0.05) is 19.0 Å². The van der Waals surface area contributed by atoms with E-state index in [1.54, 1.807) is 4.90 Å². The van der Waals surface area contributed by atoms with Gasteiger partial charge in [0.05, 0.1) is 0 Å². The van der Waals surface area contributed by atoms with Crippen LogP contribution in [0.1, 0.15) is 34.1 Å². The van der Waals surface area contributed by atoms with Crippen LogP contribution in [0, 0.1) is 5.92 Å². The van der Waals surface area contributed by atoms with E-state index in [9.17, 15) is 4.79 Å².